The molecule has 13 nitrogen and oxygen atoms in total. The monoisotopic (exact) mass is 888 g/mol. The lowest BCUT2D eigenvalue weighted by Gasteiger charge is -2.34. The van der Waals surface area contributed by atoms with Crippen molar-refractivity contribution in [1.29, 1.82) is 0 Å². The number of aliphatic carboxylic acids is 1. The van der Waals surface area contributed by atoms with Crippen molar-refractivity contribution in [3.8, 4) is 0 Å². The number of piperazine rings is 1. The van der Waals surface area contributed by atoms with Crippen LogP contribution in [0.25, 0.3) is 0 Å². The number of carboxylic acid groups (broad SMARTS) is 1. The zero-order valence-corrected chi connectivity index (χ0v) is 33.4. The van der Waals surface area contributed by atoms with Crippen molar-refractivity contribution in [3.05, 3.63) is 128 Å². The first-order chi connectivity index (χ1) is 27.1. The van der Waals surface area contributed by atoms with Gasteiger partial charge in [-0.1, -0.05) is 59.6 Å². The number of nitrogens with zero attached hydrogens (tertiary/aromatic N) is 4. The van der Waals surface area contributed by atoms with E-state index in [-0.39, 0.29) is 24.7 Å². The summed E-state index contributed by atoms with van der Waals surface area (Å²) in [7, 11) is -7.81. The molecule has 0 aliphatic carbocycles. The standard InChI is InChI=1S/C35H33Cl2FN4O7S2.C2HF3O2/c1-50(46,47)22-4-17-39-18-20-40(21-19-39)35(45)33(43)27-15-16-30-41(34(27)44)31(23-7-11-25(36)12-8-23)32(24-9-13-26(37)14-10-24)42(30)51(48,49)29-6-3-2-5-28(29)38;3-2(4,5)1(6)7/h2-3,5-16,31-32H,4,17-22H2,1H3;(H,6,7)/t31-,32+;/m0./s1. The molecule has 0 unspecified atom stereocenters. The Labute approximate surface area is 340 Å². The average Bonchev–Trinajstić information content (AvgIpc) is 3.52. The van der Waals surface area contributed by atoms with E-state index < -0.39 is 77.6 Å². The minimum Gasteiger partial charge on any atom is -0.475 e. The summed E-state index contributed by atoms with van der Waals surface area (Å²) in [6.45, 7) is 1.72. The van der Waals surface area contributed by atoms with Crippen molar-refractivity contribution in [3.63, 3.8) is 0 Å². The van der Waals surface area contributed by atoms with Crippen LogP contribution >= 0.6 is 23.2 Å². The van der Waals surface area contributed by atoms with Crippen LogP contribution in [0.1, 0.15) is 40.0 Å². The number of Topliss-reactive ketones (excluding diaryl/α,β-unsaturated/α-hetero) is 1. The fourth-order valence-corrected chi connectivity index (χ4v) is 9.18. The maximum absolute atomic E-state index is 15.2. The molecule has 1 fully saturated rings. The molecule has 3 heterocycles. The number of fused-ring (bicyclic) bond motifs is 1. The molecule has 310 valence electrons. The molecule has 0 spiro atoms. The Morgan fingerprint density at radius 1 is 0.793 bits per heavy atom. The summed E-state index contributed by atoms with van der Waals surface area (Å²) in [5, 5.41) is 7.88. The molecule has 1 N–H and O–H groups in total. The number of anilines is 1. The molecule has 4 aromatic rings. The Morgan fingerprint density at radius 3 is 1.81 bits per heavy atom. The van der Waals surface area contributed by atoms with Gasteiger partial charge in [-0.15, -0.1) is 0 Å². The Balaban J connectivity index is 0.000000839. The normalized spacial score (nSPS) is 17.3. The highest BCUT2D eigenvalue weighted by molar-refractivity contribution is 7.93. The van der Waals surface area contributed by atoms with Gasteiger partial charge in [-0.05, 0) is 72.6 Å². The number of alkyl halides is 3. The Bertz CT molecular complexity index is 2480. The van der Waals surface area contributed by atoms with E-state index in [0.717, 1.165) is 27.1 Å². The van der Waals surface area contributed by atoms with Gasteiger partial charge in [0.1, 0.15) is 26.4 Å². The third-order valence-electron chi connectivity index (χ3n) is 9.28. The number of sulfone groups is 1. The molecular formula is C37H34Cl2F4N4O9S2. The van der Waals surface area contributed by atoms with Crippen LogP contribution in [0.4, 0.5) is 23.4 Å². The van der Waals surface area contributed by atoms with Crippen LogP contribution in [-0.4, -0.2) is 105 Å². The maximum Gasteiger partial charge on any atom is 0.490 e. The van der Waals surface area contributed by atoms with E-state index in [0.29, 0.717) is 47.2 Å². The number of ketones is 1. The first-order valence-corrected chi connectivity index (χ1v) is 21.5. The highest BCUT2D eigenvalue weighted by Gasteiger charge is 2.48. The second-order valence-corrected chi connectivity index (χ2v) is 18.2. The van der Waals surface area contributed by atoms with E-state index >= 15 is 4.39 Å². The maximum atomic E-state index is 15.2. The molecule has 0 saturated carbocycles. The summed E-state index contributed by atoms with van der Waals surface area (Å²) >= 11 is 12.4. The van der Waals surface area contributed by atoms with Gasteiger partial charge in [0.05, 0.1) is 23.4 Å². The van der Waals surface area contributed by atoms with Crippen molar-refractivity contribution in [2.75, 3.05) is 49.0 Å². The van der Waals surface area contributed by atoms with Gasteiger partial charge in [0, 0.05) is 42.5 Å². The summed E-state index contributed by atoms with van der Waals surface area (Å²) in [6.07, 6.45) is -3.47. The van der Waals surface area contributed by atoms with E-state index in [1.807, 2.05) is 4.90 Å². The van der Waals surface area contributed by atoms with Crippen LogP contribution in [0.3, 0.4) is 0 Å². The van der Waals surface area contributed by atoms with Crippen molar-refractivity contribution >= 4 is 66.5 Å². The average molecular weight is 890 g/mol. The number of carboxylic acids is 1. The molecular weight excluding hydrogens is 855 g/mol. The molecule has 2 aliphatic rings. The first kappa shape index (κ1) is 44.3. The topological polar surface area (TPSA) is 171 Å². The summed E-state index contributed by atoms with van der Waals surface area (Å²) in [4.78, 5) is 53.4. The Hall–Kier alpha value is -4.82. The smallest absolute Gasteiger partial charge is 0.475 e. The zero-order valence-electron chi connectivity index (χ0n) is 30.3. The lowest BCUT2D eigenvalue weighted by molar-refractivity contribution is -0.192. The van der Waals surface area contributed by atoms with Crippen molar-refractivity contribution in [2.45, 2.75) is 29.6 Å². The van der Waals surface area contributed by atoms with Crippen LogP contribution < -0.4 is 9.86 Å². The van der Waals surface area contributed by atoms with E-state index in [4.69, 9.17) is 33.1 Å². The minimum absolute atomic E-state index is 0.0435. The number of amides is 1. The highest BCUT2D eigenvalue weighted by atomic mass is 35.5. The number of carbonyl (C=O) groups excluding carboxylic acids is 2. The molecule has 21 heteroatoms. The number of rotatable bonds is 10. The summed E-state index contributed by atoms with van der Waals surface area (Å²) in [6, 6.07) is 17.8. The summed E-state index contributed by atoms with van der Waals surface area (Å²) in [5.74, 6) is -5.81. The van der Waals surface area contributed by atoms with Crippen LogP contribution in [0.2, 0.25) is 10.0 Å². The SMILES string of the molecule is CS(=O)(=O)CCCN1CCN(C(=O)C(=O)c2ccc3n(c2=O)[C@@H](c2ccc(Cl)cc2)[C@@H](c2ccc(Cl)cc2)N3S(=O)(=O)c2ccccc2F)CC1.O=C(O)C(F)(F)F. The predicted molar refractivity (Wildman–Crippen MR) is 206 cm³/mol. The van der Waals surface area contributed by atoms with Crippen molar-refractivity contribution in [2.24, 2.45) is 0 Å². The third kappa shape index (κ3) is 9.89. The summed E-state index contributed by atoms with van der Waals surface area (Å²) < 4.78 is 101. The molecule has 3 aromatic carbocycles. The Morgan fingerprint density at radius 2 is 1.31 bits per heavy atom. The highest BCUT2D eigenvalue weighted by Crippen LogP contribution is 2.49. The predicted octanol–water partition coefficient (Wildman–Crippen LogP) is 5.23. The number of hydrogen-bond acceptors (Lipinski definition) is 9. The van der Waals surface area contributed by atoms with Gasteiger partial charge >= 0.3 is 12.1 Å². The second-order valence-electron chi connectivity index (χ2n) is 13.3. The van der Waals surface area contributed by atoms with Crippen LogP contribution in [0, 0.1) is 5.82 Å². The fourth-order valence-electron chi connectivity index (χ4n) is 6.56. The van der Waals surface area contributed by atoms with E-state index in [2.05, 4.69) is 0 Å². The zero-order chi connectivity index (χ0) is 42.7. The van der Waals surface area contributed by atoms with Gasteiger partial charge in [-0.25, -0.2) is 30.3 Å². The molecule has 0 bridgehead atoms. The number of halogens is 6. The lowest BCUT2D eigenvalue weighted by atomic mass is 9.94. The quantitative estimate of drug-likeness (QED) is 0.126. The molecule has 58 heavy (non-hydrogen) atoms. The van der Waals surface area contributed by atoms with Gasteiger partial charge in [-0.2, -0.15) is 13.2 Å². The lowest BCUT2D eigenvalue weighted by Crippen LogP contribution is -2.51. The third-order valence-corrected chi connectivity index (χ3v) is 12.6. The van der Waals surface area contributed by atoms with E-state index in [1.54, 1.807) is 48.5 Å². The molecule has 2 atom stereocenters. The fraction of sp³-hybridized carbons (Fsp3) is 0.297. The molecule has 1 amide bonds. The minimum atomic E-state index is -5.08. The van der Waals surface area contributed by atoms with Gasteiger partial charge in [0.15, 0.2) is 0 Å². The van der Waals surface area contributed by atoms with E-state index in [1.165, 1.54) is 29.4 Å². The van der Waals surface area contributed by atoms with Crippen LogP contribution in [-0.2, 0) is 29.4 Å². The molecule has 6 rings (SSSR count). The van der Waals surface area contributed by atoms with Gasteiger partial charge < -0.3 is 10.0 Å². The molecule has 1 saturated heterocycles. The number of benzene rings is 3. The van der Waals surface area contributed by atoms with Crippen molar-refractivity contribution in [1.82, 2.24) is 14.4 Å². The van der Waals surface area contributed by atoms with Crippen LogP contribution in [0.5, 0.6) is 0 Å². The molecule has 1 aromatic heterocycles. The van der Waals surface area contributed by atoms with Crippen LogP contribution in [0.15, 0.2) is 94.6 Å². The number of carbonyl (C=O) groups is 3. The number of pyridine rings is 1. The summed E-state index contributed by atoms with van der Waals surface area (Å²) in [5.41, 5.74) is -0.494. The van der Waals surface area contributed by atoms with Gasteiger partial charge in [0.25, 0.3) is 27.3 Å². The number of hydrogen-bond donors (Lipinski definition) is 1. The number of aromatic nitrogens is 1. The van der Waals surface area contributed by atoms with Crippen molar-refractivity contribution < 1.29 is 53.9 Å². The van der Waals surface area contributed by atoms with Gasteiger partial charge in [-0.3, -0.25) is 23.9 Å². The molecule has 0 radical (unpaired) electrons. The van der Waals surface area contributed by atoms with Gasteiger partial charge in [0.2, 0.25) is 0 Å². The number of sulfonamides is 1. The second kappa shape index (κ2) is 17.6. The Kier molecular flexibility index (Phi) is 13.4. The first-order valence-electron chi connectivity index (χ1n) is 17.2. The van der Waals surface area contributed by atoms with E-state index in [9.17, 15) is 44.4 Å². The molecule has 2 aliphatic heterocycles. The largest absolute Gasteiger partial charge is 0.490 e.